The van der Waals surface area contributed by atoms with Crippen LogP contribution in [0.15, 0.2) is 36.4 Å². The molecule has 2 aliphatic heterocycles. The lowest BCUT2D eigenvalue weighted by Gasteiger charge is -2.40. The number of hydrazine groups is 1. The highest BCUT2D eigenvalue weighted by Crippen LogP contribution is 2.39. The van der Waals surface area contributed by atoms with Crippen molar-refractivity contribution in [3.8, 4) is 11.5 Å². The van der Waals surface area contributed by atoms with Gasteiger partial charge >= 0.3 is 0 Å². The van der Waals surface area contributed by atoms with Gasteiger partial charge in [-0.2, -0.15) is 0 Å². The van der Waals surface area contributed by atoms with Crippen LogP contribution in [0.4, 0.5) is 5.69 Å². The zero-order valence-corrected chi connectivity index (χ0v) is 14.7. The van der Waals surface area contributed by atoms with Crippen LogP contribution in [-0.2, 0) is 17.7 Å². The molecule has 2 aromatic carbocycles. The van der Waals surface area contributed by atoms with Crippen LogP contribution in [-0.4, -0.2) is 42.4 Å². The third kappa shape index (κ3) is 2.40. The predicted molar refractivity (Wildman–Crippen MR) is 95.9 cm³/mol. The number of rotatable bonds is 2. The molecule has 2 aromatic rings. The number of methoxy groups -OCH3 is 2. The van der Waals surface area contributed by atoms with Crippen molar-refractivity contribution in [3.63, 3.8) is 0 Å². The van der Waals surface area contributed by atoms with Crippen LogP contribution in [0.2, 0.25) is 0 Å². The van der Waals surface area contributed by atoms with Gasteiger partial charge in [-0.3, -0.25) is 9.80 Å². The second-order valence-corrected chi connectivity index (χ2v) is 6.55. The van der Waals surface area contributed by atoms with E-state index < -0.39 is 6.23 Å². The first-order chi connectivity index (χ1) is 12.5. The minimum atomic E-state index is -0.540. The number of fused-ring (bicyclic) bond motifs is 3. The van der Waals surface area contributed by atoms with E-state index in [4.69, 9.17) is 15.3 Å². The Balaban J connectivity index is 1.87. The molecule has 2 atom stereocenters. The Morgan fingerprint density at radius 2 is 1.92 bits per heavy atom. The van der Waals surface area contributed by atoms with Gasteiger partial charge in [-0.15, -0.1) is 0 Å². The Hall–Kier alpha value is -2.77. The van der Waals surface area contributed by atoms with Gasteiger partial charge in [0.05, 0.1) is 24.4 Å². The summed E-state index contributed by atoms with van der Waals surface area (Å²) in [6, 6.07) is 10.8. The van der Waals surface area contributed by atoms with Gasteiger partial charge in [0.25, 0.3) is 5.91 Å². The molecule has 4 rings (SSSR count). The topological polar surface area (TPSA) is 88.3 Å². The number of carbonyl (C=O) groups excluding carboxylic acids is 1. The van der Waals surface area contributed by atoms with E-state index in [1.54, 1.807) is 12.0 Å². The molecule has 0 spiro atoms. The summed E-state index contributed by atoms with van der Waals surface area (Å²) in [6.07, 6.45) is 0.104. The molecule has 7 heteroatoms. The van der Waals surface area contributed by atoms with Gasteiger partial charge in [-0.05, 0) is 23.6 Å². The molecule has 0 unspecified atom stereocenters. The third-order valence-corrected chi connectivity index (χ3v) is 5.20. The Bertz CT molecular complexity index is 870. The molecule has 7 nitrogen and oxygen atoms in total. The number of ether oxygens (including phenoxy) is 2. The van der Waals surface area contributed by atoms with Crippen molar-refractivity contribution in [2.45, 2.75) is 25.2 Å². The first-order valence-electron chi connectivity index (χ1n) is 8.40. The normalized spacial score (nSPS) is 21.6. The number of aromatic hydroxyl groups is 1. The monoisotopic (exact) mass is 355 g/mol. The number of hydrogen-bond donors (Lipinski definition) is 2. The summed E-state index contributed by atoms with van der Waals surface area (Å²) >= 11 is 0. The maximum Gasteiger partial charge on any atom is 0.256 e. The quantitative estimate of drug-likeness (QED) is 0.796. The average molecular weight is 355 g/mol. The summed E-state index contributed by atoms with van der Waals surface area (Å²) in [7, 11) is 3.02. The summed E-state index contributed by atoms with van der Waals surface area (Å²) in [5.41, 5.74) is 3.10. The molecule has 0 saturated carbocycles. The molecule has 2 heterocycles. The zero-order chi connectivity index (χ0) is 18.4. The number of nitrogens with zero attached hydrogens (tertiary/aromatic N) is 2. The van der Waals surface area contributed by atoms with E-state index in [0.717, 1.165) is 5.56 Å². The molecule has 0 bridgehead atoms. The van der Waals surface area contributed by atoms with Crippen molar-refractivity contribution in [2.24, 2.45) is 5.84 Å². The van der Waals surface area contributed by atoms with Crippen LogP contribution in [0.25, 0.3) is 0 Å². The lowest BCUT2D eigenvalue weighted by molar-refractivity contribution is 0.00903. The second kappa shape index (κ2) is 6.19. The van der Waals surface area contributed by atoms with Gasteiger partial charge < -0.3 is 19.5 Å². The highest BCUT2D eigenvalue weighted by molar-refractivity contribution is 6.01. The Kier molecular flexibility index (Phi) is 3.97. The highest BCUT2D eigenvalue weighted by Gasteiger charge is 2.42. The number of anilines is 1. The minimum Gasteiger partial charge on any atom is -0.504 e. The highest BCUT2D eigenvalue weighted by atomic mass is 16.5. The standard InChI is InChI=1S/C19H21N3O4/c1-25-17-8-13-14(9-16(17)23)22(20)19(26-2)15-7-11-5-3-4-6-12(11)10-21(15)18(13)24/h3-6,8-9,15,19,23H,7,10,20H2,1-2H3/t15-,19-/m0/s1. The van der Waals surface area contributed by atoms with Crippen molar-refractivity contribution < 1.29 is 19.4 Å². The number of carbonyl (C=O) groups is 1. The van der Waals surface area contributed by atoms with E-state index in [-0.39, 0.29) is 23.4 Å². The SMILES string of the molecule is COc1cc2c(cc1O)N(N)[C@@H](OC)[C@@H]1Cc3ccccc3CN1C2=O. The third-order valence-electron chi connectivity index (χ3n) is 5.20. The molecule has 0 fully saturated rings. The summed E-state index contributed by atoms with van der Waals surface area (Å²) in [4.78, 5) is 15.1. The fourth-order valence-electron chi connectivity index (χ4n) is 3.88. The molecular formula is C19H21N3O4. The van der Waals surface area contributed by atoms with E-state index in [0.29, 0.717) is 24.2 Å². The van der Waals surface area contributed by atoms with E-state index in [1.165, 1.54) is 29.8 Å². The van der Waals surface area contributed by atoms with Gasteiger partial charge in [0.15, 0.2) is 17.7 Å². The molecule has 0 aromatic heterocycles. The van der Waals surface area contributed by atoms with Crippen molar-refractivity contribution in [2.75, 3.05) is 19.2 Å². The largest absolute Gasteiger partial charge is 0.504 e. The molecular weight excluding hydrogens is 334 g/mol. The smallest absolute Gasteiger partial charge is 0.256 e. The molecule has 1 amide bonds. The Labute approximate surface area is 151 Å². The number of benzene rings is 2. The number of phenolic OH excluding ortho intramolecular Hbond substituents is 1. The zero-order valence-electron chi connectivity index (χ0n) is 14.7. The number of nitrogens with two attached hydrogens (primary N) is 1. The summed E-state index contributed by atoms with van der Waals surface area (Å²) < 4.78 is 10.8. The van der Waals surface area contributed by atoms with Crippen LogP contribution in [0.1, 0.15) is 21.5 Å². The van der Waals surface area contributed by atoms with Crippen LogP contribution in [0.5, 0.6) is 11.5 Å². The maximum absolute atomic E-state index is 13.3. The van der Waals surface area contributed by atoms with Gasteiger partial charge in [-0.1, -0.05) is 24.3 Å². The number of hydrogen-bond acceptors (Lipinski definition) is 6. The first-order valence-corrected chi connectivity index (χ1v) is 8.40. The average Bonchev–Trinajstić information content (AvgIpc) is 2.74. The number of amides is 1. The molecule has 2 aliphatic rings. The molecule has 0 radical (unpaired) electrons. The second-order valence-electron chi connectivity index (χ2n) is 6.55. The van der Waals surface area contributed by atoms with E-state index in [2.05, 4.69) is 6.07 Å². The molecule has 0 saturated heterocycles. The molecule has 0 aliphatic carbocycles. The lowest BCUT2D eigenvalue weighted by Crippen LogP contribution is -2.57. The van der Waals surface area contributed by atoms with Crippen LogP contribution < -0.4 is 15.6 Å². The van der Waals surface area contributed by atoms with Crippen LogP contribution in [0.3, 0.4) is 0 Å². The van der Waals surface area contributed by atoms with Crippen molar-refractivity contribution in [1.82, 2.24) is 4.90 Å². The Morgan fingerprint density at radius 1 is 1.19 bits per heavy atom. The maximum atomic E-state index is 13.3. The van der Waals surface area contributed by atoms with Gasteiger partial charge in [0.2, 0.25) is 0 Å². The minimum absolute atomic E-state index is 0.0764. The summed E-state index contributed by atoms with van der Waals surface area (Å²) in [5, 5.41) is 11.6. The molecule has 26 heavy (non-hydrogen) atoms. The van der Waals surface area contributed by atoms with E-state index >= 15 is 0 Å². The van der Waals surface area contributed by atoms with Crippen molar-refractivity contribution in [1.29, 1.82) is 0 Å². The van der Waals surface area contributed by atoms with Crippen molar-refractivity contribution in [3.05, 3.63) is 53.1 Å². The first kappa shape index (κ1) is 16.7. The van der Waals surface area contributed by atoms with Gasteiger partial charge in [-0.25, -0.2) is 5.84 Å². The fourth-order valence-corrected chi connectivity index (χ4v) is 3.88. The van der Waals surface area contributed by atoms with Gasteiger partial charge in [0.1, 0.15) is 0 Å². The summed E-state index contributed by atoms with van der Waals surface area (Å²) in [5.74, 6) is 6.32. The van der Waals surface area contributed by atoms with E-state index in [9.17, 15) is 9.90 Å². The summed E-state index contributed by atoms with van der Waals surface area (Å²) in [6.45, 7) is 0.482. The van der Waals surface area contributed by atoms with Crippen molar-refractivity contribution >= 4 is 11.6 Å². The van der Waals surface area contributed by atoms with Crippen LogP contribution >= 0.6 is 0 Å². The molecule has 3 N–H and O–H groups in total. The molecule has 136 valence electrons. The lowest BCUT2D eigenvalue weighted by atomic mass is 9.93. The predicted octanol–water partition coefficient (Wildman–Crippen LogP) is 1.63. The number of phenols is 1. The van der Waals surface area contributed by atoms with Gasteiger partial charge in [0, 0.05) is 19.7 Å². The fraction of sp³-hybridized carbons (Fsp3) is 0.316. The van der Waals surface area contributed by atoms with Crippen LogP contribution in [0, 0.1) is 0 Å². The van der Waals surface area contributed by atoms with E-state index in [1.807, 2.05) is 18.2 Å². The Morgan fingerprint density at radius 3 is 2.62 bits per heavy atom.